The lowest BCUT2D eigenvalue weighted by molar-refractivity contribution is -0.131. The third-order valence-corrected chi connectivity index (χ3v) is 4.04. The second-order valence-corrected chi connectivity index (χ2v) is 5.87. The Morgan fingerprint density at radius 1 is 1.25 bits per heavy atom. The first-order chi connectivity index (χ1) is 11.6. The number of carbonyl (C=O) groups is 1. The van der Waals surface area contributed by atoms with Crippen molar-refractivity contribution < 1.29 is 9.90 Å². The Morgan fingerprint density at radius 2 is 2.04 bits per heavy atom. The van der Waals surface area contributed by atoms with Crippen LogP contribution in [0.1, 0.15) is 5.56 Å². The van der Waals surface area contributed by atoms with Crippen LogP contribution in [0, 0.1) is 0 Å². The molecule has 0 aliphatic carbocycles. The molecule has 0 unspecified atom stereocenters. The van der Waals surface area contributed by atoms with Crippen LogP contribution >= 0.6 is 0 Å². The molecule has 24 heavy (non-hydrogen) atoms. The summed E-state index contributed by atoms with van der Waals surface area (Å²) in [4.78, 5) is 34.0. The SMILES string of the molecule is O=C(Cc1ccccc1)N1CCN(c2cc(=O)[nH]cn2)C[C@H](O)C1. The Balaban J connectivity index is 1.68. The number of aromatic nitrogens is 2. The number of hydrogen-bond acceptors (Lipinski definition) is 5. The Labute approximate surface area is 139 Å². The van der Waals surface area contributed by atoms with E-state index >= 15 is 0 Å². The molecular formula is C17H20N4O3. The molecule has 0 saturated carbocycles. The Kier molecular flexibility index (Phi) is 4.90. The van der Waals surface area contributed by atoms with Crippen LogP contribution in [0.5, 0.6) is 0 Å². The lowest BCUT2D eigenvalue weighted by atomic mass is 10.1. The number of anilines is 1. The standard InChI is InChI=1S/C17H20N4O3/c22-14-10-20(15-9-16(23)19-12-18-15)6-7-21(11-14)17(24)8-13-4-2-1-3-5-13/h1-5,9,12,14,22H,6-8,10-11H2,(H,18,19,23)/t14-/m0/s1. The maximum Gasteiger partial charge on any atom is 0.252 e. The van der Waals surface area contributed by atoms with Crippen molar-refractivity contribution in [1.29, 1.82) is 0 Å². The number of benzene rings is 1. The first kappa shape index (κ1) is 16.2. The highest BCUT2D eigenvalue weighted by atomic mass is 16.3. The largest absolute Gasteiger partial charge is 0.389 e. The van der Waals surface area contributed by atoms with Gasteiger partial charge in [-0.2, -0.15) is 0 Å². The molecule has 1 aromatic heterocycles. The number of aliphatic hydroxyl groups excluding tert-OH is 1. The molecule has 2 aromatic rings. The van der Waals surface area contributed by atoms with E-state index in [0.717, 1.165) is 5.56 Å². The molecule has 1 fully saturated rings. The molecule has 0 spiro atoms. The van der Waals surface area contributed by atoms with Crippen molar-refractivity contribution in [3.05, 3.63) is 58.6 Å². The van der Waals surface area contributed by atoms with Gasteiger partial charge in [0.25, 0.3) is 5.56 Å². The van der Waals surface area contributed by atoms with E-state index in [9.17, 15) is 14.7 Å². The van der Waals surface area contributed by atoms with Gasteiger partial charge in [-0.15, -0.1) is 0 Å². The van der Waals surface area contributed by atoms with E-state index in [1.165, 1.54) is 12.4 Å². The predicted molar refractivity (Wildman–Crippen MR) is 89.8 cm³/mol. The zero-order valence-corrected chi connectivity index (χ0v) is 13.3. The van der Waals surface area contributed by atoms with Gasteiger partial charge in [0.2, 0.25) is 5.91 Å². The number of nitrogens with one attached hydrogen (secondary N) is 1. The van der Waals surface area contributed by atoms with Gasteiger partial charge in [-0.3, -0.25) is 9.59 Å². The van der Waals surface area contributed by atoms with Crippen molar-refractivity contribution in [3.8, 4) is 0 Å². The average molecular weight is 328 g/mol. The predicted octanol–water partition coefficient (Wildman–Crippen LogP) is 0.0221. The zero-order valence-electron chi connectivity index (χ0n) is 13.3. The van der Waals surface area contributed by atoms with Crippen LogP contribution in [-0.2, 0) is 11.2 Å². The Hall–Kier alpha value is -2.67. The van der Waals surface area contributed by atoms with Crippen molar-refractivity contribution >= 4 is 11.7 Å². The minimum atomic E-state index is -0.687. The van der Waals surface area contributed by atoms with Gasteiger partial charge in [-0.05, 0) is 5.56 Å². The number of aliphatic hydroxyl groups is 1. The molecule has 0 radical (unpaired) electrons. The fourth-order valence-electron chi connectivity index (χ4n) is 2.84. The van der Waals surface area contributed by atoms with Gasteiger partial charge in [-0.1, -0.05) is 30.3 Å². The van der Waals surface area contributed by atoms with Gasteiger partial charge in [0.1, 0.15) is 5.82 Å². The molecule has 0 bridgehead atoms. The molecule has 7 heteroatoms. The zero-order chi connectivity index (χ0) is 16.9. The van der Waals surface area contributed by atoms with Crippen LogP contribution in [-0.4, -0.2) is 58.2 Å². The number of rotatable bonds is 3. The molecule has 1 aliphatic rings. The fourth-order valence-corrected chi connectivity index (χ4v) is 2.84. The quantitative estimate of drug-likeness (QED) is 0.829. The molecule has 1 saturated heterocycles. The number of aromatic amines is 1. The second-order valence-electron chi connectivity index (χ2n) is 5.87. The number of carbonyl (C=O) groups excluding carboxylic acids is 1. The van der Waals surface area contributed by atoms with Gasteiger partial charge < -0.3 is 19.9 Å². The van der Waals surface area contributed by atoms with Gasteiger partial charge in [0, 0.05) is 32.2 Å². The third-order valence-electron chi connectivity index (χ3n) is 4.04. The van der Waals surface area contributed by atoms with Crippen molar-refractivity contribution in [2.45, 2.75) is 12.5 Å². The summed E-state index contributed by atoms with van der Waals surface area (Å²) in [5.41, 5.74) is 0.713. The molecule has 7 nitrogen and oxygen atoms in total. The number of hydrogen-bond donors (Lipinski definition) is 2. The third kappa shape index (κ3) is 3.99. The van der Waals surface area contributed by atoms with Crippen LogP contribution < -0.4 is 10.5 Å². The first-order valence-electron chi connectivity index (χ1n) is 7.91. The summed E-state index contributed by atoms with van der Waals surface area (Å²) in [7, 11) is 0. The monoisotopic (exact) mass is 328 g/mol. The molecule has 126 valence electrons. The van der Waals surface area contributed by atoms with Gasteiger partial charge >= 0.3 is 0 Å². The van der Waals surface area contributed by atoms with Crippen LogP contribution in [0.25, 0.3) is 0 Å². The summed E-state index contributed by atoms with van der Waals surface area (Å²) in [5, 5.41) is 10.2. The molecule has 2 N–H and O–H groups in total. The minimum absolute atomic E-state index is 0.0130. The summed E-state index contributed by atoms with van der Waals surface area (Å²) in [6.45, 7) is 1.63. The highest BCUT2D eigenvalue weighted by molar-refractivity contribution is 5.79. The molecular weight excluding hydrogens is 308 g/mol. The summed E-state index contributed by atoms with van der Waals surface area (Å²) < 4.78 is 0. The van der Waals surface area contributed by atoms with Crippen LogP contribution in [0.4, 0.5) is 5.82 Å². The minimum Gasteiger partial charge on any atom is -0.389 e. The molecule has 3 rings (SSSR count). The summed E-state index contributed by atoms with van der Waals surface area (Å²) >= 11 is 0. The van der Waals surface area contributed by atoms with E-state index in [1.807, 2.05) is 35.2 Å². The Bertz CT molecular complexity index is 747. The highest BCUT2D eigenvalue weighted by Gasteiger charge is 2.25. The maximum atomic E-state index is 12.5. The number of H-pyrrole nitrogens is 1. The fraction of sp³-hybridized carbons (Fsp3) is 0.353. The van der Waals surface area contributed by atoms with Gasteiger partial charge in [0.15, 0.2) is 0 Å². The number of amides is 1. The normalized spacial score (nSPS) is 18.3. The van der Waals surface area contributed by atoms with Crippen LogP contribution in [0.2, 0.25) is 0 Å². The van der Waals surface area contributed by atoms with Crippen LogP contribution in [0.3, 0.4) is 0 Å². The molecule has 1 atom stereocenters. The number of β-amino-alcohol motifs (C(OH)–C–C–N with tert-alkyl or cyclic N) is 1. The summed E-state index contributed by atoms with van der Waals surface area (Å²) in [5.74, 6) is 0.496. The van der Waals surface area contributed by atoms with Crippen molar-refractivity contribution in [2.24, 2.45) is 0 Å². The summed E-state index contributed by atoms with van der Waals surface area (Å²) in [6.07, 6.45) is 0.970. The van der Waals surface area contributed by atoms with E-state index in [0.29, 0.717) is 31.9 Å². The average Bonchev–Trinajstić information content (AvgIpc) is 2.77. The van der Waals surface area contributed by atoms with E-state index in [4.69, 9.17) is 0 Å². The lowest BCUT2D eigenvalue weighted by Gasteiger charge is -2.22. The topological polar surface area (TPSA) is 89.5 Å². The summed E-state index contributed by atoms with van der Waals surface area (Å²) in [6, 6.07) is 10.9. The van der Waals surface area contributed by atoms with E-state index in [1.54, 1.807) is 4.90 Å². The van der Waals surface area contributed by atoms with Crippen molar-refractivity contribution in [1.82, 2.24) is 14.9 Å². The van der Waals surface area contributed by atoms with E-state index in [-0.39, 0.29) is 18.0 Å². The van der Waals surface area contributed by atoms with Gasteiger partial charge in [0.05, 0.1) is 18.9 Å². The van der Waals surface area contributed by atoms with Gasteiger partial charge in [-0.25, -0.2) is 4.98 Å². The van der Waals surface area contributed by atoms with Crippen LogP contribution in [0.15, 0.2) is 47.5 Å². The smallest absolute Gasteiger partial charge is 0.252 e. The van der Waals surface area contributed by atoms with E-state index < -0.39 is 6.10 Å². The molecule has 1 amide bonds. The number of nitrogens with zero attached hydrogens (tertiary/aromatic N) is 3. The molecule has 1 aromatic carbocycles. The first-order valence-corrected chi connectivity index (χ1v) is 7.91. The highest BCUT2D eigenvalue weighted by Crippen LogP contribution is 2.13. The molecule has 1 aliphatic heterocycles. The van der Waals surface area contributed by atoms with Crippen molar-refractivity contribution in [3.63, 3.8) is 0 Å². The second kappa shape index (κ2) is 7.27. The van der Waals surface area contributed by atoms with Crippen molar-refractivity contribution in [2.75, 3.05) is 31.1 Å². The Morgan fingerprint density at radius 3 is 2.79 bits per heavy atom. The molecule has 2 heterocycles. The van der Waals surface area contributed by atoms with E-state index in [2.05, 4.69) is 9.97 Å². The lowest BCUT2D eigenvalue weighted by Crippen LogP contribution is -2.38. The maximum absolute atomic E-state index is 12.5.